The first kappa shape index (κ1) is 22.9. The van der Waals surface area contributed by atoms with Crippen LogP contribution < -0.4 is 5.32 Å². The van der Waals surface area contributed by atoms with E-state index in [0.717, 1.165) is 54.2 Å². The third-order valence-corrected chi connectivity index (χ3v) is 8.21. The van der Waals surface area contributed by atoms with Crippen LogP contribution in [-0.2, 0) is 22.4 Å². The summed E-state index contributed by atoms with van der Waals surface area (Å²) in [5.41, 5.74) is 3.60. The van der Waals surface area contributed by atoms with Gasteiger partial charge < -0.3 is 14.5 Å². The topological polar surface area (TPSA) is 94.3 Å². The van der Waals surface area contributed by atoms with Crippen LogP contribution in [0.25, 0.3) is 22.1 Å². The molecule has 1 aromatic carbocycles. The van der Waals surface area contributed by atoms with Crippen molar-refractivity contribution in [2.45, 2.75) is 56.2 Å². The first-order valence-electron chi connectivity index (χ1n) is 11.5. The Morgan fingerprint density at radius 1 is 1.21 bits per heavy atom. The number of hydrogen-bond acceptors (Lipinski definition) is 8. The number of para-hydroxylation sites is 1. The Morgan fingerprint density at radius 3 is 2.88 bits per heavy atom. The number of aryl methyl sites for hydroxylation is 1. The number of benzene rings is 1. The first-order valence-corrected chi connectivity index (χ1v) is 13.2. The maximum absolute atomic E-state index is 13.2. The highest BCUT2D eigenvalue weighted by molar-refractivity contribution is 8.00. The van der Waals surface area contributed by atoms with Crippen molar-refractivity contribution in [2.24, 2.45) is 0 Å². The van der Waals surface area contributed by atoms with Crippen LogP contribution in [0, 0.1) is 0 Å². The second kappa shape index (κ2) is 9.76. The van der Waals surface area contributed by atoms with Gasteiger partial charge in [-0.2, -0.15) is 0 Å². The molecule has 0 spiro atoms. The first-order chi connectivity index (χ1) is 16.6. The number of carbonyl (C=O) groups is 2. The monoisotopic (exact) mass is 495 g/mol. The van der Waals surface area contributed by atoms with Gasteiger partial charge in [-0.25, -0.2) is 14.8 Å². The summed E-state index contributed by atoms with van der Waals surface area (Å²) in [5, 5.41) is 4.64. The number of aromatic nitrogens is 2. The van der Waals surface area contributed by atoms with Crippen molar-refractivity contribution in [2.75, 3.05) is 11.9 Å². The summed E-state index contributed by atoms with van der Waals surface area (Å²) in [4.78, 5) is 35.9. The molecule has 3 aromatic heterocycles. The molecule has 0 unspecified atom stereocenters. The third kappa shape index (κ3) is 4.30. The Balaban J connectivity index is 1.40. The molecule has 0 fully saturated rings. The van der Waals surface area contributed by atoms with Crippen LogP contribution in [0.1, 0.15) is 53.9 Å². The van der Waals surface area contributed by atoms with Crippen molar-refractivity contribution in [3.05, 3.63) is 46.6 Å². The van der Waals surface area contributed by atoms with Crippen molar-refractivity contribution >= 4 is 62.0 Å². The maximum atomic E-state index is 13.2. The van der Waals surface area contributed by atoms with Crippen molar-refractivity contribution in [1.82, 2.24) is 9.97 Å². The molecule has 4 aromatic rings. The largest absolute Gasteiger partial charge is 0.462 e. The van der Waals surface area contributed by atoms with Gasteiger partial charge >= 0.3 is 5.97 Å². The van der Waals surface area contributed by atoms with Gasteiger partial charge in [0.05, 0.1) is 17.4 Å². The fraction of sp³-hybridized carbons (Fsp3) is 0.360. The predicted molar refractivity (Wildman–Crippen MR) is 135 cm³/mol. The van der Waals surface area contributed by atoms with E-state index in [0.29, 0.717) is 27.8 Å². The molecule has 34 heavy (non-hydrogen) atoms. The maximum Gasteiger partial charge on any atom is 0.341 e. The molecule has 176 valence electrons. The molecule has 7 nitrogen and oxygen atoms in total. The summed E-state index contributed by atoms with van der Waals surface area (Å²) in [7, 11) is 0. The van der Waals surface area contributed by atoms with E-state index in [2.05, 4.69) is 15.3 Å². The van der Waals surface area contributed by atoms with Gasteiger partial charge in [0.1, 0.15) is 27.5 Å². The number of thiophene rings is 1. The number of ether oxygens (including phenoxy) is 1. The second-order valence-corrected chi connectivity index (χ2v) is 10.6. The van der Waals surface area contributed by atoms with E-state index < -0.39 is 5.25 Å². The minimum absolute atomic E-state index is 0.199. The Bertz CT molecular complexity index is 1380. The van der Waals surface area contributed by atoms with E-state index in [1.165, 1.54) is 34.3 Å². The van der Waals surface area contributed by atoms with Crippen LogP contribution in [0.4, 0.5) is 5.00 Å². The highest BCUT2D eigenvalue weighted by Gasteiger charge is 2.28. The van der Waals surface area contributed by atoms with Crippen molar-refractivity contribution in [3.8, 4) is 0 Å². The smallest absolute Gasteiger partial charge is 0.341 e. The molecule has 0 aliphatic heterocycles. The lowest BCUT2D eigenvalue weighted by molar-refractivity contribution is -0.115. The summed E-state index contributed by atoms with van der Waals surface area (Å²) in [6, 6.07) is 7.69. The lowest BCUT2D eigenvalue weighted by atomic mass is 10.1. The number of amides is 1. The number of furan rings is 1. The summed E-state index contributed by atoms with van der Waals surface area (Å²) < 4.78 is 11.3. The summed E-state index contributed by atoms with van der Waals surface area (Å²) >= 11 is 2.81. The molecule has 5 rings (SSSR count). The van der Waals surface area contributed by atoms with E-state index >= 15 is 0 Å². The number of anilines is 1. The Labute approximate surface area is 205 Å². The lowest BCUT2D eigenvalue weighted by Gasteiger charge is -2.12. The van der Waals surface area contributed by atoms with Crippen LogP contribution in [0.5, 0.6) is 0 Å². The Hall–Kier alpha value is -2.91. The van der Waals surface area contributed by atoms with E-state index in [-0.39, 0.29) is 11.9 Å². The zero-order valence-electron chi connectivity index (χ0n) is 19.1. The zero-order valence-corrected chi connectivity index (χ0v) is 20.7. The molecule has 1 amide bonds. The number of nitrogens with zero attached hydrogens (tertiary/aromatic N) is 2. The molecule has 1 atom stereocenters. The van der Waals surface area contributed by atoms with Gasteiger partial charge in [0.15, 0.2) is 5.58 Å². The molecule has 1 aliphatic carbocycles. The molecular formula is C25H25N3O4S2. The van der Waals surface area contributed by atoms with Gasteiger partial charge in [-0.15, -0.1) is 11.3 Å². The van der Waals surface area contributed by atoms with Crippen molar-refractivity contribution in [1.29, 1.82) is 0 Å². The number of hydrogen-bond donors (Lipinski definition) is 1. The predicted octanol–water partition coefficient (Wildman–Crippen LogP) is 6.00. The van der Waals surface area contributed by atoms with Crippen LogP contribution >= 0.6 is 23.1 Å². The number of carbonyl (C=O) groups excluding carboxylic acids is 2. The average molecular weight is 496 g/mol. The third-order valence-electron chi connectivity index (χ3n) is 5.92. The summed E-state index contributed by atoms with van der Waals surface area (Å²) in [5.74, 6) is -0.563. The van der Waals surface area contributed by atoms with Gasteiger partial charge in [0.2, 0.25) is 5.91 Å². The van der Waals surface area contributed by atoms with Crippen LogP contribution in [0.15, 0.2) is 40.0 Å². The van der Waals surface area contributed by atoms with E-state index in [1.54, 1.807) is 6.92 Å². The lowest BCUT2D eigenvalue weighted by Crippen LogP contribution is -2.23. The summed E-state index contributed by atoms with van der Waals surface area (Å²) in [6.07, 6.45) is 6.54. The van der Waals surface area contributed by atoms with E-state index in [4.69, 9.17) is 9.15 Å². The quantitative estimate of drug-likeness (QED) is 0.152. The number of rotatable bonds is 6. The number of nitrogens with one attached hydrogen (secondary N) is 1. The molecule has 0 saturated carbocycles. The molecular weight excluding hydrogens is 470 g/mol. The SMILES string of the molecule is CCOC(=O)c1c(NC(=O)[C@@H](C)Sc2ncnc3c2oc2ccccc23)sc2c1CCCCC2. The number of thioether (sulfide) groups is 1. The highest BCUT2D eigenvalue weighted by atomic mass is 32.2. The minimum atomic E-state index is -0.469. The summed E-state index contributed by atoms with van der Waals surface area (Å²) in [6.45, 7) is 3.91. The van der Waals surface area contributed by atoms with Gasteiger partial charge in [0, 0.05) is 10.3 Å². The van der Waals surface area contributed by atoms with E-state index in [9.17, 15) is 9.59 Å². The molecule has 0 saturated heterocycles. The Morgan fingerprint density at radius 2 is 2.03 bits per heavy atom. The van der Waals surface area contributed by atoms with Crippen molar-refractivity contribution < 1.29 is 18.7 Å². The van der Waals surface area contributed by atoms with Crippen LogP contribution in [-0.4, -0.2) is 33.7 Å². The molecule has 0 bridgehead atoms. The standard InChI is InChI=1S/C25H25N3O4S2/c1-3-31-25(30)19-16-10-5-4-6-12-18(16)34-23(19)28-22(29)14(2)33-24-21-20(26-13-27-24)15-9-7-8-11-17(15)32-21/h7-9,11,13-14H,3-6,10,12H2,1-2H3,(H,28,29)/t14-/m1/s1. The van der Waals surface area contributed by atoms with Crippen LogP contribution in [0.2, 0.25) is 0 Å². The van der Waals surface area contributed by atoms with Crippen LogP contribution in [0.3, 0.4) is 0 Å². The second-order valence-electron chi connectivity index (χ2n) is 8.19. The van der Waals surface area contributed by atoms with E-state index in [1.807, 2.05) is 31.2 Å². The normalized spacial score (nSPS) is 14.5. The molecule has 1 aliphatic rings. The average Bonchev–Trinajstić information content (AvgIpc) is 3.29. The highest BCUT2D eigenvalue weighted by Crippen LogP contribution is 2.39. The number of fused-ring (bicyclic) bond motifs is 4. The minimum Gasteiger partial charge on any atom is -0.462 e. The van der Waals surface area contributed by atoms with Gasteiger partial charge in [0.25, 0.3) is 0 Å². The molecule has 1 N–H and O–H groups in total. The molecule has 3 heterocycles. The fourth-order valence-corrected chi connectivity index (χ4v) is 6.41. The zero-order chi connectivity index (χ0) is 23.7. The molecule has 0 radical (unpaired) electrons. The molecule has 9 heteroatoms. The van der Waals surface area contributed by atoms with Gasteiger partial charge in [-0.05, 0) is 57.2 Å². The number of esters is 1. The van der Waals surface area contributed by atoms with Gasteiger partial charge in [-0.1, -0.05) is 30.3 Å². The van der Waals surface area contributed by atoms with Gasteiger partial charge in [-0.3, -0.25) is 4.79 Å². The Kier molecular flexibility index (Phi) is 6.56. The van der Waals surface area contributed by atoms with Crippen molar-refractivity contribution in [3.63, 3.8) is 0 Å². The fourth-order valence-electron chi connectivity index (χ4n) is 4.27.